The largest absolute Gasteiger partial charge is 0.196 e. The van der Waals surface area contributed by atoms with Crippen LogP contribution in [0, 0.1) is 11.8 Å². The van der Waals surface area contributed by atoms with Gasteiger partial charge in [-0.1, -0.05) is 53.9 Å². The summed E-state index contributed by atoms with van der Waals surface area (Å²) >= 11 is 17.1. The Hall–Kier alpha value is 0.610. The van der Waals surface area contributed by atoms with E-state index in [-0.39, 0.29) is 5.92 Å². The van der Waals surface area contributed by atoms with Crippen molar-refractivity contribution in [2.75, 3.05) is 0 Å². The third kappa shape index (κ3) is 2.05. The van der Waals surface area contributed by atoms with Gasteiger partial charge in [0, 0.05) is 5.92 Å². The van der Waals surface area contributed by atoms with Crippen molar-refractivity contribution >= 4 is 34.8 Å². The molecule has 0 aromatic rings. The molecule has 0 saturated carbocycles. The Balaban J connectivity index is 2.55. The molecule has 1 rings (SSSR count). The zero-order valence-corrected chi connectivity index (χ0v) is 7.92. The predicted molar refractivity (Wildman–Crippen MR) is 46.7 cm³/mol. The van der Waals surface area contributed by atoms with Gasteiger partial charge in [0.25, 0.3) is 0 Å². The van der Waals surface area contributed by atoms with Crippen LogP contribution in [-0.4, -0.2) is 3.79 Å². The highest BCUT2D eigenvalue weighted by Gasteiger charge is 2.33. The maximum absolute atomic E-state index is 5.68. The van der Waals surface area contributed by atoms with Gasteiger partial charge in [-0.15, -0.1) is 0 Å². The minimum absolute atomic E-state index is 0.104. The van der Waals surface area contributed by atoms with E-state index in [4.69, 9.17) is 34.8 Å². The van der Waals surface area contributed by atoms with Crippen LogP contribution in [-0.2, 0) is 0 Å². The molecule has 2 unspecified atom stereocenters. The molecular formula is C7H9Cl3. The van der Waals surface area contributed by atoms with Crippen molar-refractivity contribution in [1.29, 1.82) is 0 Å². The summed E-state index contributed by atoms with van der Waals surface area (Å²) in [5, 5.41) is 0. The van der Waals surface area contributed by atoms with E-state index in [1.54, 1.807) is 0 Å². The van der Waals surface area contributed by atoms with E-state index in [0.717, 1.165) is 6.42 Å². The number of hydrogen-bond acceptors (Lipinski definition) is 0. The normalized spacial score (nSPS) is 33.2. The van der Waals surface area contributed by atoms with Crippen molar-refractivity contribution in [1.82, 2.24) is 0 Å². The maximum Gasteiger partial charge on any atom is 0.196 e. The molecular weight excluding hydrogens is 190 g/mol. The molecule has 0 nitrogen and oxygen atoms in total. The minimum atomic E-state index is -1.11. The molecule has 1 aliphatic carbocycles. The van der Waals surface area contributed by atoms with Crippen LogP contribution in [0.15, 0.2) is 12.2 Å². The second-order valence-corrected chi connectivity index (χ2v) is 5.11. The van der Waals surface area contributed by atoms with Crippen LogP contribution < -0.4 is 0 Å². The molecule has 0 aromatic carbocycles. The topological polar surface area (TPSA) is 0 Å². The van der Waals surface area contributed by atoms with E-state index < -0.39 is 3.79 Å². The van der Waals surface area contributed by atoms with Crippen LogP contribution in [0.2, 0.25) is 0 Å². The van der Waals surface area contributed by atoms with Crippen LogP contribution in [0.4, 0.5) is 0 Å². The molecule has 0 aromatic heterocycles. The molecule has 0 aliphatic heterocycles. The first-order valence-corrected chi connectivity index (χ1v) is 4.38. The summed E-state index contributed by atoms with van der Waals surface area (Å²) < 4.78 is -1.11. The van der Waals surface area contributed by atoms with Gasteiger partial charge in [-0.2, -0.15) is 0 Å². The molecule has 0 spiro atoms. The molecule has 3 heteroatoms. The van der Waals surface area contributed by atoms with E-state index in [2.05, 4.69) is 13.0 Å². The smallest absolute Gasteiger partial charge is 0.0852 e. The highest BCUT2D eigenvalue weighted by Crippen LogP contribution is 2.42. The molecule has 0 radical (unpaired) electrons. The summed E-state index contributed by atoms with van der Waals surface area (Å²) in [6.45, 7) is 2.12. The summed E-state index contributed by atoms with van der Waals surface area (Å²) in [6.07, 6.45) is 5.03. The first-order valence-electron chi connectivity index (χ1n) is 3.25. The second kappa shape index (κ2) is 2.92. The van der Waals surface area contributed by atoms with E-state index in [1.807, 2.05) is 6.08 Å². The zero-order chi connectivity index (χ0) is 7.78. The Morgan fingerprint density at radius 1 is 1.30 bits per heavy atom. The van der Waals surface area contributed by atoms with Gasteiger partial charge in [0.2, 0.25) is 0 Å². The molecule has 2 atom stereocenters. The van der Waals surface area contributed by atoms with Crippen molar-refractivity contribution in [3.63, 3.8) is 0 Å². The molecule has 0 saturated heterocycles. The Labute approximate surface area is 76.1 Å². The summed E-state index contributed by atoms with van der Waals surface area (Å²) in [7, 11) is 0. The number of halogens is 3. The average molecular weight is 200 g/mol. The lowest BCUT2D eigenvalue weighted by Gasteiger charge is -2.17. The van der Waals surface area contributed by atoms with Gasteiger partial charge in [0.05, 0.1) is 0 Å². The van der Waals surface area contributed by atoms with Crippen LogP contribution in [0.5, 0.6) is 0 Å². The standard InChI is InChI=1S/C7H9Cl3/c1-5-2-3-6(4-5)7(8,9)10/h2-3,5-6H,4H2,1H3. The lowest BCUT2D eigenvalue weighted by Crippen LogP contribution is -2.15. The van der Waals surface area contributed by atoms with Gasteiger partial charge in [-0.3, -0.25) is 0 Å². The summed E-state index contributed by atoms with van der Waals surface area (Å²) in [4.78, 5) is 0. The van der Waals surface area contributed by atoms with Crippen molar-refractivity contribution in [3.05, 3.63) is 12.2 Å². The van der Waals surface area contributed by atoms with Crippen LogP contribution in [0.3, 0.4) is 0 Å². The first-order chi connectivity index (χ1) is 4.50. The molecule has 58 valence electrons. The van der Waals surface area contributed by atoms with Crippen LogP contribution >= 0.6 is 34.8 Å². The Bertz CT molecular complexity index is 145. The zero-order valence-electron chi connectivity index (χ0n) is 5.65. The fourth-order valence-corrected chi connectivity index (χ4v) is 1.61. The maximum atomic E-state index is 5.68. The summed E-state index contributed by atoms with van der Waals surface area (Å²) in [5.74, 6) is 0.660. The highest BCUT2D eigenvalue weighted by atomic mass is 35.6. The van der Waals surface area contributed by atoms with Crippen molar-refractivity contribution in [3.8, 4) is 0 Å². The highest BCUT2D eigenvalue weighted by molar-refractivity contribution is 6.67. The Morgan fingerprint density at radius 2 is 1.90 bits per heavy atom. The first kappa shape index (κ1) is 8.70. The lowest BCUT2D eigenvalue weighted by atomic mass is 10.1. The van der Waals surface area contributed by atoms with E-state index in [0.29, 0.717) is 5.92 Å². The molecule has 0 heterocycles. The number of alkyl halides is 3. The minimum Gasteiger partial charge on any atom is -0.0852 e. The fourth-order valence-electron chi connectivity index (χ4n) is 1.12. The number of rotatable bonds is 0. The average Bonchev–Trinajstić information content (AvgIpc) is 2.11. The second-order valence-electron chi connectivity index (χ2n) is 2.75. The van der Waals surface area contributed by atoms with Gasteiger partial charge >= 0.3 is 0 Å². The van der Waals surface area contributed by atoms with Gasteiger partial charge in [0.1, 0.15) is 0 Å². The van der Waals surface area contributed by atoms with Crippen LogP contribution in [0.1, 0.15) is 13.3 Å². The molecule has 10 heavy (non-hydrogen) atoms. The molecule has 0 N–H and O–H groups in total. The Kier molecular flexibility index (Phi) is 2.54. The molecule has 0 amide bonds. The van der Waals surface area contributed by atoms with Crippen molar-refractivity contribution in [2.24, 2.45) is 11.8 Å². The SMILES string of the molecule is CC1C=CC(C(Cl)(Cl)Cl)C1. The van der Waals surface area contributed by atoms with Crippen molar-refractivity contribution < 1.29 is 0 Å². The van der Waals surface area contributed by atoms with Crippen LogP contribution in [0.25, 0.3) is 0 Å². The number of allylic oxidation sites excluding steroid dienone is 2. The quantitative estimate of drug-likeness (QED) is 0.413. The lowest BCUT2D eigenvalue weighted by molar-refractivity contribution is 0.560. The van der Waals surface area contributed by atoms with Crippen molar-refractivity contribution in [2.45, 2.75) is 17.1 Å². The van der Waals surface area contributed by atoms with E-state index in [1.165, 1.54) is 0 Å². The predicted octanol–water partition coefficient (Wildman–Crippen LogP) is 3.57. The van der Waals surface area contributed by atoms with Gasteiger partial charge in [-0.05, 0) is 12.3 Å². The van der Waals surface area contributed by atoms with E-state index in [9.17, 15) is 0 Å². The monoisotopic (exact) mass is 198 g/mol. The Morgan fingerprint density at radius 3 is 2.10 bits per heavy atom. The summed E-state index contributed by atoms with van der Waals surface area (Å²) in [5.41, 5.74) is 0. The molecule has 0 bridgehead atoms. The molecule has 0 fully saturated rings. The van der Waals surface area contributed by atoms with Gasteiger partial charge < -0.3 is 0 Å². The van der Waals surface area contributed by atoms with E-state index >= 15 is 0 Å². The summed E-state index contributed by atoms with van der Waals surface area (Å²) in [6, 6.07) is 0. The van der Waals surface area contributed by atoms with Gasteiger partial charge in [-0.25, -0.2) is 0 Å². The van der Waals surface area contributed by atoms with Gasteiger partial charge in [0.15, 0.2) is 3.79 Å². The fraction of sp³-hybridized carbons (Fsp3) is 0.714. The third-order valence-corrected chi connectivity index (χ3v) is 2.56. The molecule has 1 aliphatic rings. The third-order valence-electron chi connectivity index (χ3n) is 1.72. The number of hydrogen-bond donors (Lipinski definition) is 0.